The van der Waals surface area contributed by atoms with E-state index in [0.717, 1.165) is 19.5 Å². The Morgan fingerprint density at radius 3 is 2.67 bits per heavy atom. The van der Waals surface area contributed by atoms with Crippen molar-refractivity contribution in [3.05, 3.63) is 57.2 Å². The highest BCUT2D eigenvalue weighted by Gasteiger charge is 2.07. The first-order valence-electron chi connectivity index (χ1n) is 6.91. The molecular formula is C16H19ClN2OS. The maximum absolute atomic E-state index is 11.8. The topological polar surface area (TPSA) is 32.3 Å². The lowest BCUT2D eigenvalue weighted by molar-refractivity contribution is 0.0956. The first-order chi connectivity index (χ1) is 10.1. The molecule has 1 aromatic carbocycles. The number of carbonyl (C=O) groups is 1. The number of benzene rings is 1. The zero-order chi connectivity index (χ0) is 15.1. The summed E-state index contributed by atoms with van der Waals surface area (Å²) in [5.41, 5.74) is 1.30. The van der Waals surface area contributed by atoms with E-state index in [2.05, 4.69) is 41.5 Å². The smallest absolute Gasteiger partial charge is 0.261 e. The van der Waals surface area contributed by atoms with E-state index < -0.39 is 0 Å². The highest BCUT2D eigenvalue weighted by atomic mass is 35.5. The third kappa shape index (κ3) is 5.50. The van der Waals surface area contributed by atoms with E-state index >= 15 is 0 Å². The molecule has 0 bridgehead atoms. The summed E-state index contributed by atoms with van der Waals surface area (Å²) in [7, 11) is 2.09. The average Bonchev–Trinajstić information content (AvgIpc) is 2.91. The second kappa shape index (κ2) is 8.17. The molecule has 0 aliphatic rings. The number of hydrogen-bond donors (Lipinski definition) is 1. The summed E-state index contributed by atoms with van der Waals surface area (Å²) in [6, 6.07) is 13.9. The summed E-state index contributed by atoms with van der Waals surface area (Å²) in [5.74, 6) is -0.0439. The SMILES string of the molecule is CN(CCCNC(=O)c1ccc(Cl)s1)Cc1ccccc1. The van der Waals surface area contributed by atoms with Crippen molar-refractivity contribution in [1.29, 1.82) is 0 Å². The van der Waals surface area contributed by atoms with Gasteiger partial charge in [0.1, 0.15) is 0 Å². The normalized spacial score (nSPS) is 10.8. The molecule has 112 valence electrons. The predicted molar refractivity (Wildman–Crippen MR) is 89.1 cm³/mol. The number of thiophene rings is 1. The van der Waals surface area contributed by atoms with Gasteiger partial charge in [0.15, 0.2) is 0 Å². The van der Waals surface area contributed by atoms with Crippen LogP contribution in [0.2, 0.25) is 4.34 Å². The van der Waals surface area contributed by atoms with Gasteiger partial charge in [0.05, 0.1) is 9.21 Å². The summed E-state index contributed by atoms with van der Waals surface area (Å²) in [5, 5.41) is 2.92. The minimum Gasteiger partial charge on any atom is -0.351 e. The summed E-state index contributed by atoms with van der Waals surface area (Å²) in [4.78, 5) is 14.7. The first-order valence-corrected chi connectivity index (χ1v) is 8.10. The Bertz CT molecular complexity index is 571. The second-order valence-corrected chi connectivity index (χ2v) is 6.65. The van der Waals surface area contributed by atoms with E-state index in [-0.39, 0.29) is 5.91 Å². The van der Waals surface area contributed by atoms with Crippen LogP contribution in [-0.2, 0) is 6.54 Å². The van der Waals surface area contributed by atoms with Crippen LogP contribution >= 0.6 is 22.9 Å². The van der Waals surface area contributed by atoms with Gasteiger partial charge in [0, 0.05) is 13.1 Å². The van der Waals surface area contributed by atoms with Crippen LogP contribution < -0.4 is 5.32 Å². The van der Waals surface area contributed by atoms with Gasteiger partial charge in [-0.2, -0.15) is 0 Å². The zero-order valence-electron chi connectivity index (χ0n) is 12.0. The van der Waals surface area contributed by atoms with Crippen molar-refractivity contribution < 1.29 is 4.79 Å². The monoisotopic (exact) mass is 322 g/mol. The van der Waals surface area contributed by atoms with Crippen LogP contribution in [0.3, 0.4) is 0 Å². The fraction of sp³-hybridized carbons (Fsp3) is 0.312. The van der Waals surface area contributed by atoms with Crippen molar-refractivity contribution in [1.82, 2.24) is 10.2 Å². The molecule has 0 atom stereocenters. The predicted octanol–water partition coefficient (Wildman–Crippen LogP) is 3.65. The van der Waals surface area contributed by atoms with Crippen LogP contribution in [0.25, 0.3) is 0 Å². The van der Waals surface area contributed by atoms with Gasteiger partial charge in [-0.05, 0) is 37.7 Å². The third-order valence-electron chi connectivity index (χ3n) is 3.09. The van der Waals surface area contributed by atoms with E-state index in [1.807, 2.05) is 6.07 Å². The molecule has 21 heavy (non-hydrogen) atoms. The molecule has 5 heteroatoms. The third-order valence-corrected chi connectivity index (χ3v) is 4.32. The standard InChI is InChI=1S/C16H19ClN2OS/c1-19(12-13-6-3-2-4-7-13)11-5-10-18-16(20)14-8-9-15(17)21-14/h2-4,6-9H,5,10-12H2,1H3,(H,18,20). The second-order valence-electron chi connectivity index (χ2n) is 4.94. The molecule has 0 fully saturated rings. The van der Waals surface area contributed by atoms with Crippen molar-refractivity contribution >= 4 is 28.8 Å². The lowest BCUT2D eigenvalue weighted by Gasteiger charge is -2.16. The minimum absolute atomic E-state index is 0.0439. The number of amides is 1. The maximum atomic E-state index is 11.8. The van der Waals surface area contributed by atoms with Crippen LogP contribution in [0.1, 0.15) is 21.7 Å². The number of halogens is 1. The number of hydrogen-bond acceptors (Lipinski definition) is 3. The molecule has 0 unspecified atom stereocenters. The highest BCUT2D eigenvalue weighted by Crippen LogP contribution is 2.20. The molecule has 1 aromatic heterocycles. The molecule has 0 spiro atoms. The van der Waals surface area contributed by atoms with Crippen LogP contribution in [0, 0.1) is 0 Å². The Morgan fingerprint density at radius 1 is 1.24 bits per heavy atom. The lowest BCUT2D eigenvalue weighted by Crippen LogP contribution is -2.27. The summed E-state index contributed by atoms with van der Waals surface area (Å²) in [6.07, 6.45) is 0.925. The van der Waals surface area contributed by atoms with Gasteiger partial charge in [0.2, 0.25) is 0 Å². The van der Waals surface area contributed by atoms with Crippen LogP contribution in [0.5, 0.6) is 0 Å². The fourth-order valence-electron chi connectivity index (χ4n) is 2.05. The molecule has 1 amide bonds. The fourth-order valence-corrected chi connectivity index (χ4v) is 3.01. The summed E-state index contributed by atoms with van der Waals surface area (Å²) < 4.78 is 0.641. The van der Waals surface area contributed by atoms with Gasteiger partial charge in [0.25, 0.3) is 5.91 Å². The zero-order valence-corrected chi connectivity index (χ0v) is 13.6. The molecule has 1 N–H and O–H groups in total. The van der Waals surface area contributed by atoms with Gasteiger partial charge in [-0.3, -0.25) is 4.79 Å². The Labute approximate surface area is 134 Å². The minimum atomic E-state index is -0.0439. The van der Waals surface area contributed by atoms with Crippen molar-refractivity contribution in [3.63, 3.8) is 0 Å². The number of rotatable bonds is 7. The average molecular weight is 323 g/mol. The Kier molecular flexibility index (Phi) is 6.23. The highest BCUT2D eigenvalue weighted by molar-refractivity contribution is 7.17. The number of nitrogens with one attached hydrogen (secondary N) is 1. The van der Waals surface area contributed by atoms with E-state index in [1.54, 1.807) is 12.1 Å². The first kappa shape index (κ1) is 16.0. The van der Waals surface area contributed by atoms with Crippen LogP contribution in [-0.4, -0.2) is 30.9 Å². The molecule has 0 saturated carbocycles. The quantitative estimate of drug-likeness (QED) is 0.789. The van der Waals surface area contributed by atoms with Gasteiger partial charge < -0.3 is 10.2 Å². The molecule has 0 aliphatic heterocycles. The van der Waals surface area contributed by atoms with E-state index in [9.17, 15) is 4.79 Å². The molecule has 0 radical (unpaired) electrons. The largest absolute Gasteiger partial charge is 0.351 e. The summed E-state index contributed by atoms with van der Waals surface area (Å²) >= 11 is 7.12. The Morgan fingerprint density at radius 2 is 2.00 bits per heavy atom. The molecule has 2 aromatic rings. The van der Waals surface area contributed by atoms with Crippen molar-refractivity contribution in [2.45, 2.75) is 13.0 Å². The van der Waals surface area contributed by atoms with Gasteiger partial charge in [-0.15, -0.1) is 11.3 Å². The van der Waals surface area contributed by atoms with Gasteiger partial charge >= 0.3 is 0 Å². The van der Waals surface area contributed by atoms with Gasteiger partial charge in [-0.1, -0.05) is 41.9 Å². The molecule has 0 saturated heterocycles. The lowest BCUT2D eigenvalue weighted by atomic mass is 10.2. The Balaban J connectivity index is 1.64. The van der Waals surface area contributed by atoms with Crippen molar-refractivity contribution in [2.75, 3.05) is 20.1 Å². The Hall–Kier alpha value is -1.36. The van der Waals surface area contributed by atoms with Crippen molar-refractivity contribution in [2.24, 2.45) is 0 Å². The maximum Gasteiger partial charge on any atom is 0.261 e. The summed E-state index contributed by atoms with van der Waals surface area (Å²) in [6.45, 7) is 2.54. The molecule has 2 rings (SSSR count). The number of nitrogens with zero attached hydrogens (tertiary/aromatic N) is 1. The van der Waals surface area contributed by atoms with Crippen LogP contribution in [0.15, 0.2) is 42.5 Å². The van der Waals surface area contributed by atoms with Gasteiger partial charge in [-0.25, -0.2) is 0 Å². The molecular weight excluding hydrogens is 304 g/mol. The molecule has 0 aliphatic carbocycles. The molecule has 1 heterocycles. The van der Waals surface area contributed by atoms with E-state index in [4.69, 9.17) is 11.6 Å². The number of carbonyl (C=O) groups excluding carboxylic acids is 1. The molecule has 3 nitrogen and oxygen atoms in total. The van der Waals surface area contributed by atoms with Crippen molar-refractivity contribution in [3.8, 4) is 0 Å². The van der Waals surface area contributed by atoms with Crippen LogP contribution in [0.4, 0.5) is 0 Å². The van der Waals surface area contributed by atoms with E-state index in [1.165, 1.54) is 16.9 Å². The van der Waals surface area contributed by atoms with E-state index in [0.29, 0.717) is 15.8 Å².